The van der Waals surface area contributed by atoms with Gasteiger partial charge in [-0.3, -0.25) is 9.59 Å². The molecule has 7 heteroatoms. The van der Waals surface area contributed by atoms with Crippen molar-refractivity contribution in [3.8, 4) is 0 Å². The minimum Gasteiger partial charge on any atom is -0.444 e. The van der Waals surface area contributed by atoms with Crippen LogP contribution in [0, 0.1) is 5.41 Å². The van der Waals surface area contributed by atoms with E-state index in [4.69, 9.17) is 4.74 Å². The predicted molar refractivity (Wildman–Crippen MR) is 112 cm³/mol. The summed E-state index contributed by atoms with van der Waals surface area (Å²) in [6.07, 6.45) is 4.23. The summed E-state index contributed by atoms with van der Waals surface area (Å²) in [5.74, 6) is 0.143. The lowest BCUT2D eigenvalue weighted by molar-refractivity contribution is -0.150. The van der Waals surface area contributed by atoms with Gasteiger partial charge in [0, 0.05) is 37.5 Å². The fourth-order valence-electron chi connectivity index (χ4n) is 4.32. The number of ether oxygens (including phenoxy) is 1. The minimum absolute atomic E-state index is 0.0537. The Morgan fingerprint density at radius 3 is 2.38 bits per heavy atom. The van der Waals surface area contributed by atoms with Gasteiger partial charge in [-0.2, -0.15) is 0 Å². The van der Waals surface area contributed by atoms with E-state index < -0.39 is 11.7 Å². The van der Waals surface area contributed by atoms with Gasteiger partial charge >= 0.3 is 6.09 Å². The van der Waals surface area contributed by atoms with Crippen LogP contribution in [0.3, 0.4) is 0 Å². The molecule has 2 heterocycles. The molecule has 29 heavy (non-hydrogen) atoms. The summed E-state index contributed by atoms with van der Waals surface area (Å²) < 4.78 is 5.39. The lowest BCUT2D eigenvalue weighted by Gasteiger charge is -2.46. The zero-order valence-electron chi connectivity index (χ0n) is 19.0. The summed E-state index contributed by atoms with van der Waals surface area (Å²) in [5.41, 5.74) is -0.821. The van der Waals surface area contributed by atoms with Crippen LogP contribution in [0.2, 0.25) is 0 Å². The van der Waals surface area contributed by atoms with Crippen LogP contribution in [-0.4, -0.2) is 65.0 Å². The quantitative estimate of drug-likeness (QED) is 0.772. The van der Waals surface area contributed by atoms with Gasteiger partial charge in [0.05, 0.1) is 0 Å². The number of rotatable bonds is 4. The second-order valence-electron chi connectivity index (χ2n) is 10.1. The second kappa shape index (κ2) is 9.35. The van der Waals surface area contributed by atoms with Crippen LogP contribution >= 0.6 is 0 Å². The lowest BCUT2D eigenvalue weighted by atomic mass is 9.78. The van der Waals surface area contributed by atoms with Crippen LogP contribution < -0.4 is 5.32 Å². The van der Waals surface area contributed by atoms with Crippen molar-refractivity contribution < 1.29 is 19.1 Å². The first-order valence-corrected chi connectivity index (χ1v) is 11.0. The van der Waals surface area contributed by atoms with Crippen molar-refractivity contribution in [1.82, 2.24) is 15.1 Å². The van der Waals surface area contributed by atoms with Gasteiger partial charge in [-0.05, 0) is 52.9 Å². The van der Waals surface area contributed by atoms with Gasteiger partial charge in [-0.25, -0.2) is 4.79 Å². The lowest BCUT2D eigenvalue weighted by Crippen LogP contribution is -2.60. The minimum atomic E-state index is -0.541. The number of carbonyl (C=O) groups is 3. The SMILES string of the molecule is CCCC(=O)N1CCCC[C@@H]1C(=O)N1CC[C@@H](NC(=O)OC(C)(C)C)C(C)(C)C1. The van der Waals surface area contributed by atoms with Crippen molar-refractivity contribution in [2.45, 2.75) is 97.8 Å². The number of likely N-dealkylation sites (tertiary alicyclic amines) is 2. The predicted octanol–water partition coefficient (Wildman–Crippen LogP) is 3.32. The molecule has 0 unspecified atom stereocenters. The van der Waals surface area contributed by atoms with Gasteiger partial charge in [-0.1, -0.05) is 20.8 Å². The van der Waals surface area contributed by atoms with Crippen LogP contribution in [0.4, 0.5) is 4.79 Å². The van der Waals surface area contributed by atoms with Crippen molar-refractivity contribution in [2.75, 3.05) is 19.6 Å². The summed E-state index contributed by atoms with van der Waals surface area (Å²) in [7, 11) is 0. The number of hydrogen-bond donors (Lipinski definition) is 1. The van der Waals surface area contributed by atoms with E-state index in [9.17, 15) is 14.4 Å². The van der Waals surface area contributed by atoms with Crippen LogP contribution in [0.5, 0.6) is 0 Å². The Morgan fingerprint density at radius 1 is 1.10 bits per heavy atom. The smallest absolute Gasteiger partial charge is 0.407 e. The van der Waals surface area contributed by atoms with Crippen LogP contribution in [0.25, 0.3) is 0 Å². The molecule has 7 nitrogen and oxygen atoms in total. The highest BCUT2D eigenvalue weighted by Crippen LogP contribution is 2.31. The number of nitrogens with one attached hydrogen (secondary N) is 1. The molecule has 0 aliphatic carbocycles. The fraction of sp³-hybridized carbons (Fsp3) is 0.864. The third-order valence-electron chi connectivity index (χ3n) is 5.80. The molecule has 2 rings (SSSR count). The highest BCUT2D eigenvalue weighted by molar-refractivity contribution is 5.88. The topological polar surface area (TPSA) is 79.0 Å². The van der Waals surface area contributed by atoms with Crippen molar-refractivity contribution in [3.63, 3.8) is 0 Å². The Balaban J connectivity index is 2.01. The molecule has 0 aromatic rings. The summed E-state index contributed by atoms with van der Waals surface area (Å²) in [6, 6.07) is -0.403. The summed E-state index contributed by atoms with van der Waals surface area (Å²) >= 11 is 0. The van der Waals surface area contributed by atoms with Crippen molar-refractivity contribution in [1.29, 1.82) is 0 Å². The van der Waals surface area contributed by atoms with Gasteiger partial charge in [0.25, 0.3) is 0 Å². The van der Waals surface area contributed by atoms with Gasteiger partial charge in [0.15, 0.2) is 0 Å². The van der Waals surface area contributed by atoms with E-state index in [0.29, 0.717) is 32.5 Å². The van der Waals surface area contributed by atoms with E-state index in [2.05, 4.69) is 19.2 Å². The average molecular weight is 410 g/mol. The molecule has 0 radical (unpaired) electrons. The molecule has 0 spiro atoms. The van der Waals surface area contributed by atoms with E-state index in [0.717, 1.165) is 25.7 Å². The molecular formula is C22H39N3O4. The first-order valence-electron chi connectivity index (χ1n) is 11.0. The monoisotopic (exact) mass is 409 g/mol. The van der Waals surface area contributed by atoms with E-state index >= 15 is 0 Å². The number of nitrogens with zero attached hydrogens (tertiary/aromatic N) is 2. The molecule has 2 aliphatic rings. The molecular weight excluding hydrogens is 370 g/mol. The highest BCUT2D eigenvalue weighted by Gasteiger charge is 2.42. The second-order valence-corrected chi connectivity index (χ2v) is 10.1. The third kappa shape index (κ3) is 6.34. The first kappa shape index (κ1) is 23.5. The molecule has 2 fully saturated rings. The maximum Gasteiger partial charge on any atom is 0.407 e. The van der Waals surface area contributed by atoms with Gasteiger partial charge in [0.2, 0.25) is 11.8 Å². The maximum atomic E-state index is 13.3. The van der Waals surface area contributed by atoms with Crippen molar-refractivity contribution >= 4 is 17.9 Å². The van der Waals surface area contributed by atoms with Gasteiger partial charge < -0.3 is 19.9 Å². The van der Waals surface area contributed by atoms with Crippen molar-refractivity contribution in [3.05, 3.63) is 0 Å². The number of carbonyl (C=O) groups excluding carboxylic acids is 3. The number of piperidine rings is 2. The third-order valence-corrected chi connectivity index (χ3v) is 5.80. The normalized spacial score (nSPS) is 24.8. The summed E-state index contributed by atoms with van der Waals surface area (Å²) in [6.45, 7) is 13.5. The Morgan fingerprint density at radius 2 is 1.79 bits per heavy atom. The summed E-state index contributed by atoms with van der Waals surface area (Å²) in [5, 5.41) is 2.98. The average Bonchev–Trinajstić information content (AvgIpc) is 2.61. The Hall–Kier alpha value is -1.79. The van der Waals surface area contributed by atoms with Gasteiger partial charge in [-0.15, -0.1) is 0 Å². The molecule has 3 amide bonds. The largest absolute Gasteiger partial charge is 0.444 e. The molecule has 1 N–H and O–H groups in total. The van der Waals surface area contributed by atoms with E-state index in [1.54, 1.807) is 4.90 Å². The maximum absolute atomic E-state index is 13.3. The van der Waals surface area contributed by atoms with E-state index in [1.165, 1.54) is 0 Å². The van der Waals surface area contributed by atoms with E-state index in [1.807, 2.05) is 32.6 Å². The first-order chi connectivity index (χ1) is 13.4. The number of amides is 3. The van der Waals surface area contributed by atoms with Gasteiger partial charge in [0.1, 0.15) is 11.6 Å². The van der Waals surface area contributed by atoms with Crippen LogP contribution in [0.1, 0.15) is 80.1 Å². The molecule has 0 bridgehead atoms. The molecule has 166 valence electrons. The Bertz CT molecular complexity index is 612. The van der Waals surface area contributed by atoms with Crippen LogP contribution in [0.15, 0.2) is 0 Å². The fourth-order valence-corrected chi connectivity index (χ4v) is 4.32. The Labute approximate surface area is 175 Å². The molecule has 0 saturated carbocycles. The highest BCUT2D eigenvalue weighted by atomic mass is 16.6. The zero-order valence-corrected chi connectivity index (χ0v) is 19.0. The summed E-state index contributed by atoms with van der Waals surface area (Å²) in [4.78, 5) is 41.7. The van der Waals surface area contributed by atoms with E-state index in [-0.39, 0.29) is 29.3 Å². The molecule has 2 aliphatic heterocycles. The standard InChI is InChI=1S/C22H39N3O4/c1-7-10-18(26)25-13-9-8-11-16(25)19(27)24-14-12-17(22(5,6)15-24)23-20(28)29-21(2,3)4/h16-17H,7-15H2,1-6H3,(H,23,28)/t16-,17-/m1/s1. The molecule has 0 aromatic heterocycles. The van der Waals surface area contributed by atoms with Crippen molar-refractivity contribution in [2.24, 2.45) is 5.41 Å². The Kier molecular flexibility index (Phi) is 7.57. The number of alkyl carbamates (subject to hydrolysis) is 1. The molecule has 0 aromatic carbocycles. The van der Waals surface area contributed by atoms with Crippen LogP contribution in [-0.2, 0) is 14.3 Å². The molecule has 2 atom stereocenters. The zero-order chi connectivity index (χ0) is 21.8. The molecule has 2 saturated heterocycles. The number of hydrogen-bond acceptors (Lipinski definition) is 4.